The van der Waals surface area contributed by atoms with Crippen molar-refractivity contribution in [2.45, 2.75) is 52.8 Å². The minimum Gasteiger partial charge on any atom is -0.488 e. The molecule has 12 nitrogen and oxygen atoms in total. The second kappa shape index (κ2) is 13.7. The lowest BCUT2D eigenvalue weighted by atomic mass is 10.0. The monoisotopic (exact) mass is 593 g/mol. The molecule has 3 atom stereocenters. The van der Waals surface area contributed by atoms with Gasteiger partial charge in [0.25, 0.3) is 0 Å². The predicted molar refractivity (Wildman–Crippen MR) is 160 cm³/mol. The number of nitrogens with zero attached hydrogens (tertiary/aromatic N) is 3. The van der Waals surface area contributed by atoms with Crippen molar-refractivity contribution in [1.29, 1.82) is 0 Å². The zero-order valence-electron chi connectivity index (χ0n) is 25.1. The molecule has 0 saturated heterocycles. The van der Waals surface area contributed by atoms with Gasteiger partial charge in [-0.05, 0) is 63.7 Å². The molecule has 1 aliphatic rings. The third-order valence-electron chi connectivity index (χ3n) is 7.59. The van der Waals surface area contributed by atoms with Crippen LogP contribution in [0.1, 0.15) is 46.8 Å². The van der Waals surface area contributed by atoms with Crippen molar-refractivity contribution < 1.29 is 33.9 Å². The van der Waals surface area contributed by atoms with Gasteiger partial charge in [-0.15, -0.1) is 0 Å². The summed E-state index contributed by atoms with van der Waals surface area (Å²) in [5.74, 6) is -0.175. The Morgan fingerprint density at radius 3 is 2.51 bits per heavy atom. The largest absolute Gasteiger partial charge is 0.488 e. The van der Waals surface area contributed by atoms with Crippen molar-refractivity contribution in [2.24, 2.45) is 5.92 Å². The number of likely N-dealkylation sites (N-methyl/N-ethyl adjacent to an activating group) is 1. The molecular formula is C31H39N5O7. The second-order valence-electron chi connectivity index (χ2n) is 11.2. The molecule has 3 aromatic rings. The molecule has 0 bridgehead atoms. The Morgan fingerprint density at radius 2 is 1.88 bits per heavy atom. The summed E-state index contributed by atoms with van der Waals surface area (Å²) >= 11 is 0. The van der Waals surface area contributed by atoms with Gasteiger partial charge in [-0.3, -0.25) is 9.69 Å². The number of hydrogen-bond donors (Lipinski definition) is 4. The van der Waals surface area contributed by atoms with Crippen LogP contribution in [0.4, 0.5) is 16.2 Å². The van der Waals surface area contributed by atoms with E-state index in [1.807, 2.05) is 20.9 Å². The number of aryl methyl sites for hydroxylation is 2. The molecule has 0 fully saturated rings. The highest BCUT2D eigenvalue weighted by atomic mass is 16.5. The number of urea groups is 1. The maximum absolute atomic E-state index is 13.5. The highest BCUT2D eigenvalue weighted by Crippen LogP contribution is 2.30. The summed E-state index contributed by atoms with van der Waals surface area (Å²) in [5.41, 5.74) is 3.33. The van der Waals surface area contributed by atoms with Crippen LogP contribution in [0, 0.1) is 19.8 Å². The van der Waals surface area contributed by atoms with Gasteiger partial charge in [0.15, 0.2) is 5.76 Å². The number of aromatic carboxylic acids is 1. The first-order valence-corrected chi connectivity index (χ1v) is 14.2. The fraction of sp³-hybridized carbons (Fsp3) is 0.419. The number of amides is 3. The molecule has 0 spiro atoms. The molecule has 12 heteroatoms. The van der Waals surface area contributed by atoms with Gasteiger partial charge in [0.1, 0.15) is 23.2 Å². The van der Waals surface area contributed by atoms with Crippen LogP contribution in [-0.4, -0.2) is 82.0 Å². The Kier molecular flexibility index (Phi) is 10.0. The van der Waals surface area contributed by atoms with Crippen LogP contribution in [0.15, 0.2) is 47.0 Å². The van der Waals surface area contributed by atoms with E-state index in [4.69, 9.17) is 9.26 Å². The summed E-state index contributed by atoms with van der Waals surface area (Å²) in [7, 11) is 1.96. The van der Waals surface area contributed by atoms with Gasteiger partial charge >= 0.3 is 12.0 Å². The summed E-state index contributed by atoms with van der Waals surface area (Å²) in [6.45, 7) is 8.57. The van der Waals surface area contributed by atoms with Gasteiger partial charge in [-0.1, -0.05) is 24.2 Å². The maximum Gasteiger partial charge on any atom is 0.335 e. The number of benzene rings is 2. The molecule has 0 radical (unpaired) electrons. The highest BCUT2D eigenvalue weighted by Gasteiger charge is 2.31. The molecule has 2 heterocycles. The van der Waals surface area contributed by atoms with Gasteiger partial charge in [-0.25, -0.2) is 9.59 Å². The number of carbonyl (C=O) groups is 3. The molecule has 1 aromatic heterocycles. The number of nitrogens with one attached hydrogen (secondary N) is 2. The number of aliphatic hydroxyl groups is 1. The van der Waals surface area contributed by atoms with E-state index >= 15 is 0 Å². The van der Waals surface area contributed by atoms with E-state index in [1.165, 1.54) is 0 Å². The molecular weight excluding hydrogens is 554 g/mol. The fourth-order valence-electron chi connectivity index (χ4n) is 5.10. The normalized spacial score (nSPS) is 17.7. The molecule has 1 aliphatic heterocycles. The van der Waals surface area contributed by atoms with Crippen molar-refractivity contribution in [3.63, 3.8) is 0 Å². The number of fused-ring (bicyclic) bond motifs is 1. The van der Waals surface area contributed by atoms with Crippen LogP contribution < -0.4 is 15.4 Å². The van der Waals surface area contributed by atoms with Crippen LogP contribution in [0.25, 0.3) is 0 Å². The van der Waals surface area contributed by atoms with Crippen molar-refractivity contribution in [3.05, 3.63) is 70.6 Å². The Balaban J connectivity index is 1.55. The van der Waals surface area contributed by atoms with Crippen LogP contribution >= 0.6 is 0 Å². The Morgan fingerprint density at radius 1 is 1.16 bits per heavy atom. The number of ether oxygens (including phenoxy) is 1. The maximum atomic E-state index is 13.5. The number of carbonyl (C=O) groups excluding carboxylic acids is 2. The second-order valence-corrected chi connectivity index (χ2v) is 11.2. The quantitative estimate of drug-likeness (QED) is 0.289. The minimum absolute atomic E-state index is 0.0336. The van der Waals surface area contributed by atoms with E-state index in [-0.39, 0.29) is 42.6 Å². The lowest BCUT2D eigenvalue weighted by Gasteiger charge is -2.34. The van der Waals surface area contributed by atoms with E-state index in [9.17, 15) is 24.6 Å². The Labute approximate surface area is 250 Å². The van der Waals surface area contributed by atoms with E-state index in [0.29, 0.717) is 53.8 Å². The highest BCUT2D eigenvalue weighted by molar-refractivity contribution is 6.00. The molecule has 43 heavy (non-hydrogen) atoms. The van der Waals surface area contributed by atoms with Gasteiger partial charge in [0.05, 0.1) is 24.6 Å². The van der Waals surface area contributed by atoms with E-state index in [2.05, 4.69) is 20.7 Å². The summed E-state index contributed by atoms with van der Waals surface area (Å²) < 4.78 is 11.7. The Bertz CT molecular complexity index is 1440. The third kappa shape index (κ3) is 7.90. The topological polar surface area (TPSA) is 157 Å². The van der Waals surface area contributed by atoms with Gasteiger partial charge in [0, 0.05) is 36.8 Å². The first kappa shape index (κ1) is 31.5. The van der Waals surface area contributed by atoms with Crippen LogP contribution in [-0.2, 0) is 17.8 Å². The molecule has 2 aromatic carbocycles. The standard InChI is InChI=1S/C31H39N5O7/c1-18-14-36(19(2)17-37)28(38)13-24-12-25(32-31(41)33-29-20(3)34-43-21(29)4)10-11-26(24)42-27(18)16-35(5)15-22-6-8-23(9-7-22)30(39)40/h6-12,18-19,27,37H,13-17H2,1-5H3,(H,39,40)(H2,32,33,41)/t18-,19-,27-/m1/s1. The summed E-state index contributed by atoms with van der Waals surface area (Å²) in [5, 5.41) is 28.5. The Hall–Kier alpha value is -4.42. The zero-order valence-corrected chi connectivity index (χ0v) is 25.1. The summed E-state index contributed by atoms with van der Waals surface area (Å²) in [6, 6.07) is 11.1. The van der Waals surface area contributed by atoms with E-state index in [1.54, 1.807) is 61.2 Å². The smallest absolute Gasteiger partial charge is 0.335 e. The zero-order chi connectivity index (χ0) is 31.3. The number of anilines is 2. The first-order valence-electron chi connectivity index (χ1n) is 14.2. The van der Waals surface area contributed by atoms with Gasteiger partial charge in [-0.2, -0.15) is 0 Å². The predicted octanol–water partition coefficient (Wildman–Crippen LogP) is 3.91. The van der Waals surface area contributed by atoms with Crippen molar-refractivity contribution in [2.75, 3.05) is 37.4 Å². The number of aromatic nitrogens is 1. The lowest BCUT2D eigenvalue weighted by molar-refractivity contribution is -0.134. The molecule has 4 rings (SSSR count). The molecule has 0 unspecified atom stereocenters. The van der Waals surface area contributed by atoms with Crippen LogP contribution in [0.3, 0.4) is 0 Å². The average Bonchev–Trinajstić information content (AvgIpc) is 3.29. The van der Waals surface area contributed by atoms with Crippen molar-refractivity contribution in [1.82, 2.24) is 15.0 Å². The summed E-state index contributed by atoms with van der Waals surface area (Å²) in [6.07, 6.45) is -0.283. The fourth-order valence-corrected chi connectivity index (χ4v) is 5.10. The van der Waals surface area contributed by atoms with Crippen molar-refractivity contribution >= 4 is 29.3 Å². The number of aliphatic hydroxyl groups excluding tert-OH is 1. The summed E-state index contributed by atoms with van der Waals surface area (Å²) in [4.78, 5) is 41.2. The van der Waals surface area contributed by atoms with Crippen LogP contribution in [0.5, 0.6) is 5.75 Å². The number of hydrogen-bond acceptors (Lipinski definition) is 8. The third-order valence-corrected chi connectivity index (χ3v) is 7.59. The first-order chi connectivity index (χ1) is 20.4. The van der Waals surface area contributed by atoms with E-state index < -0.39 is 12.0 Å². The minimum atomic E-state index is -0.970. The molecule has 4 N–H and O–H groups in total. The van der Waals surface area contributed by atoms with Crippen molar-refractivity contribution in [3.8, 4) is 5.75 Å². The molecule has 3 amide bonds. The lowest BCUT2D eigenvalue weighted by Crippen LogP contribution is -2.47. The van der Waals surface area contributed by atoms with Crippen LogP contribution in [0.2, 0.25) is 0 Å². The number of rotatable bonds is 9. The molecule has 0 saturated carbocycles. The molecule has 0 aliphatic carbocycles. The SMILES string of the molecule is Cc1noc(C)c1NC(=O)Nc1ccc2c(c1)CC(=O)N([C@H](C)CO)C[C@@H](C)[C@@H](CN(C)Cc1ccc(C(=O)O)cc1)O2. The molecule has 230 valence electrons. The average molecular weight is 594 g/mol. The number of carboxylic acid groups (broad SMARTS) is 1. The number of carboxylic acids is 1. The van der Waals surface area contributed by atoms with Gasteiger partial charge < -0.3 is 35.0 Å². The van der Waals surface area contributed by atoms with Gasteiger partial charge in [0.2, 0.25) is 5.91 Å². The van der Waals surface area contributed by atoms with E-state index in [0.717, 1.165) is 5.56 Å².